The van der Waals surface area contributed by atoms with Crippen LogP contribution in [0.2, 0.25) is 0 Å². The van der Waals surface area contributed by atoms with E-state index in [2.05, 4.69) is 15.5 Å². The van der Waals surface area contributed by atoms with E-state index in [1.54, 1.807) is 18.2 Å². The van der Waals surface area contributed by atoms with Crippen LogP contribution in [0.25, 0.3) is 0 Å². The van der Waals surface area contributed by atoms with E-state index in [1.165, 1.54) is 12.1 Å². The number of rotatable bonds is 5. The van der Waals surface area contributed by atoms with Crippen molar-refractivity contribution in [1.29, 1.82) is 0 Å². The number of aromatic nitrogens is 2. The van der Waals surface area contributed by atoms with Gasteiger partial charge in [0.25, 0.3) is 0 Å². The lowest BCUT2D eigenvalue weighted by atomic mass is 9.91. The Hall–Kier alpha value is -3.16. The van der Waals surface area contributed by atoms with Crippen LogP contribution in [-0.4, -0.2) is 16.0 Å². The van der Waals surface area contributed by atoms with Crippen molar-refractivity contribution < 1.29 is 22.5 Å². The highest BCUT2D eigenvalue weighted by Crippen LogP contribution is 2.55. The van der Waals surface area contributed by atoms with Gasteiger partial charge in [-0.2, -0.15) is 18.2 Å². The van der Waals surface area contributed by atoms with Crippen LogP contribution in [0.15, 0.2) is 53.1 Å². The minimum absolute atomic E-state index is 0.118. The molecule has 1 amide bonds. The summed E-state index contributed by atoms with van der Waals surface area (Å²) in [5.41, 5.74) is 0.202. The molecule has 0 saturated heterocycles. The number of hydrogen-bond donors (Lipinski definition) is 1. The number of benzene rings is 2. The van der Waals surface area contributed by atoms with Gasteiger partial charge in [0.15, 0.2) is 5.82 Å². The van der Waals surface area contributed by atoms with Crippen LogP contribution >= 0.6 is 0 Å². The van der Waals surface area contributed by atoms with Crippen molar-refractivity contribution in [3.05, 3.63) is 76.9 Å². The number of carbonyl (C=O) groups is 1. The molecule has 5 nitrogen and oxygen atoms in total. The fraction of sp³-hybridized carbons (Fsp3) is 0.286. The topological polar surface area (TPSA) is 68.0 Å². The Labute approximate surface area is 164 Å². The molecule has 4 rings (SSSR count). The first-order chi connectivity index (χ1) is 13.8. The fourth-order valence-electron chi connectivity index (χ4n) is 3.38. The number of anilines is 1. The molecule has 1 fully saturated rings. The number of hydrogen-bond acceptors (Lipinski definition) is 4. The van der Waals surface area contributed by atoms with Crippen LogP contribution in [0.4, 0.5) is 18.9 Å². The maximum atomic E-state index is 13.4. The van der Waals surface area contributed by atoms with E-state index in [1.807, 2.05) is 19.1 Å². The van der Waals surface area contributed by atoms with E-state index in [9.17, 15) is 18.0 Å². The van der Waals surface area contributed by atoms with Crippen LogP contribution in [0.3, 0.4) is 0 Å². The molecule has 2 aromatic carbocycles. The largest absolute Gasteiger partial charge is 0.416 e. The maximum absolute atomic E-state index is 13.4. The summed E-state index contributed by atoms with van der Waals surface area (Å²) in [5.74, 6) is -0.0746. The highest BCUT2D eigenvalue weighted by atomic mass is 19.4. The Bertz CT molecular complexity index is 1040. The highest BCUT2D eigenvalue weighted by molar-refractivity contribution is 5.91. The smallest absolute Gasteiger partial charge is 0.338 e. The number of carbonyl (C=O) groups excluding carboxylic acids is 1. The molecule has 0 spiro atoms. The molecule has 1 N–H and O–H groups in total. The Balaban J connectivity index is 1.52. The fourth-order valence-corrected chi connectivity index (χ4v) is 3.38. The van der Waals surface area contributed by atoms with Crippen molar-refractivity contribution in [2.24, 2.45) is 0 Å². The van der Waals surface area contributed by atoms with Crippen LogP contribution < -0.4 is 5.32 Å². The lowest BCUT2D eigenvalue weighted by Gasteiger charge is -2.17. The van der Waals surface area contributed by atoms with E-state index in [4.69, 9.17) is 4.52 Å². The predicted octanol–water partition coefficient (Wildman–Crippen LogP) is 4.66. The van der Waals surface area contributed by atoms with Crippen LogP contribution in [0.5, 0.6) is 0 Å². The number of aryl methyl sites for hydroxylation is 1. The zero-order valence-corrected chi connectivity index (χ0v) is 15.6. The molecule has 1 heterocycles. The molecule has 0 atom stereocenters. The van der Waals surface area contributed by atoms with Gasteiger partial charge in [-0.15, -0.1) is 0 Å². The van der Waals surface area contributed by atoms with Crippen LogP contribution in [0, 0.1) is 6.92 Å². The second kappa shape index (κ2) is 7.02. The first kappa shape index (κ1) is 19.2. The van der Waals surface area contributed by atoms with Crippen molar-refractivity contribution in [3.63, 3.8) is 0 Å². The molecule has 1 aliphatic rings. The number of alkyl halides is 3. The molecule has 1 aromatic heterocycles. The average molecular weight is 401 g/mol. The maximum Gasteiger partial charge on any atom is 0.416 e. The van der Waals surface area contributed by atoms with E-state index >= 15 is 0 Å². The zero-order valence-electron chi connectivity index (χ0n) is 15.6. The van der Waals surface area contributed by atoms with Gasteiger partial charge in [0.1, 0.15) is 0 Å². The van der Waals surface area contributed by atoms with Crippen LogP contribution in [-0.2, 0) is 22.8 Å². The number of nitrogens with one attached hydrogen (secondary N) is 1. The normalized spacial score (nSPS) is 15.2. The van der Waals surface area contributed by atoms with Gasteiger partial charge in [0.2, 0.25) is 11.8 Å². The molecule has 0 radical (unpaired) electrons. The average Bonchev–Trinajstić information content (AvgIpc) is 3.36. The molecule has 3 aromatic rings. The monoisotopic (exact) mass is 401 g/mol. The first-order valence-electron chi connectivity index (χ1n) is 9.14. The van der Waals surface area contributed by atoms with Crippen molar-refractivity contribution in [2.45, 2.75) is 37.8 Å². The molecule has 29 heavy (non-hydrogen) atoms. The summed E-state index contributed by atoms with van der Waals surface area (Å²) in [4.78, 5) is 16.4. The third-order valence-corrected chi connectivity index (χ3v) is 5.03. The SMILES string of the molecule is Cc1ccc(NC(=O)Cc2noc(C3(c4ccccc4C(F)(F)F)CC3)n2)cc1. The predicted molar refractivity (Wildman–Crippen MR) is 99.3 cm³/mol. The molecule has 8 heteroatoms. The summed E-state index contributed by atoms with van der Waals surface area (Å²) in [5, 5.41) is 6.54. The highest BCUT2D eigenvalue weighted by Gasteiger charge is 2.54. The van der Waals surface area contributed by atoms with Gasteiger partial charge in [-0.05, 0) is 43.5 Å². The standard InChI is InChI=1S/C21H18F3N3O2/c1-13-6-8-14(9-7-13)25-18(28)12-17-26-19(29-27-17)20(10-11-20)15-4-2-3-5-16(15)21(22,23)24/h2-9H,10-12H2,1H3,(H,25,28). The van der Waals surface area contributed by atoms with Gasteiger partial charge in [-0.1, -0.05) is 41.1 Å². The molecule has 0 aliphatic heterocycles. The van der Waals surface area contributed by atoms with Crippen molar-refractivity contribution in [3.8, 4) is 0 Å². The Morgan fingerprint density at radius 1 is 1.14 bits per heavy atom. The molecule has 1 saturated carbocycles. The van der Waals surface area contributed by atoms with E-state index in [0.717, 1.165) is 11.6 Å². The Morgan fingerprint density at radius 3 is 2.48 bits per heavy atom. The van der Waals surface area contributed by atoms with Crippen molar-refractivity contribution >= 4 is 11.6 Å². The zero-order chi connectivity index (χ0) is 20.6. The quantitative estimate of drug-likeness (QED) is 0.675. The third-order valence-electron chi connectivity index (χ3n) is 5.03. The Kier molecular flexibility index (Phi) is 4.64. The minimum Gasteiger partial charge on any atom is -0.338 e. The lowest BCUT2D eigenvalue weighted by Crippen LogP contribution is -2.18. The molecular formula is C21H18F3N3O2. The summed E-state index contributed by atoms with van der Waals surface area (Å²) in [6.45, 7) is 1.94. The summed E-state index contributed by atoms with van der Waals surface area (Å²) in [7, 11) is 0. The molecule has 0 bridgehead atoms. The lowest BCUT2D eigenvalue weighted by molar-refractivity contribution is -0.138. The van der Waals surface area contributed by atoms with Gasteiger partial charge in [0.05, 0.1) is 17.4 Å². The molecule has 0 unspecified atom stereocenters. The van der Waals surface area contributed by atoms with E-state index in [0.29, 0.717) is 18.5 Å². The summed E-state index contributed by atoms with van der Waals surface area (Å²) in [6, 6.07) is 12.7. The van der Waals surface area contributed by atoms with Gasteiger partial charge >= 0.3 is 6.18 Å². The van der Waals surface area contributed by atoms with Gasteiger partial charge in [0, 0.05) is 5.69 Å². The third kappa shape index (κ3) is 3.87. The first-order valence-corrected chi connectivity index (χ1v) is 9.14. The molecule has 1 aliphatic carbocycles. The Morgan fingerprint density at radius 2 is 1.83 bits per heavy atom. The van der Waals surface area contributed by atoms with Gasteiger partial charge in [-0.25, -0.2) is 0 Å². The summed E-state index contributed by atoms with van der Waals surface area (Å²) in [6.07, 6.45) is -3.63. The summed E-state index contributed by atoms with van der Waals surface area (Å²) < 4.78 is 45.5. The van der Waals surface area contributed by atoms with Crippen molar-refractivity contribution in [1.82, 2.24) is 10.1 Å². The van der Waals surface area contributed by atoms with E-state index in [-0.39, 0.29) is 29.6 Å². The summed E-state index contributed by atoms with van der Waals surface area (Å²) >= 11 is 0. The molecule has 150 valence electrons. The van der Waals surface area contributed by atoms with Crippen LogP contribution in [0.1, 0.15) is 41.2 Å². The second-order valence-electron chi connectivity index (χ2n) is 7.23. The van der Waals surface area contributed by atoms with Gasteiger partial charge < -0.3 is 9.84 Å². The van der Waals surface area contributed by atoms with E-state index < -0.39 is 17.2 Å². The number of amides is 1. The second-order valence-corrected chi connectivity index (χ2v) is 7.23. The van der Waals surface area contributed by atoms with Gasteiger partial charge in [-0.3, -0.25) is 4.79 Å². The number of halogens is 3. The van der Waals surface area contributed by atoms with Crippen molar-refractivity contribution in [2.75, 3.05) is 5.32 Å². The minimum atomic E-state index is -4.47. The number of nitrogens with zero attached hydrogens (tertiary/aromatic N) is 2. The molecular weight excluding hydrogens is 383 g/mol.